The van der Waals surface area contributed by atoms with Crippen molar-refractivity contribution < 1.29 is 18.7 Å². The zero-order chi connectivity index (χ0) is 19.4. The van der Waals surface area contributed by atoms with Crippen LogP contribution in [0.15, 0.2) is 4.60 Å². The molecule has 1 N–H and O–H groups in total. The SMILES string of the molecule is Cc1nc(F)c(Br)nc1NC(=O)[C@@H]1C[C@@]2(C)C[C@H]2N1C(=O)OC(C)(C)C. The Bertz CT molecular complexity index is 782. The van der Waals surface area contributed by atoms with Gasteiger partial charge in [0.25, 0.3) is 0 Å². The van der Waals surface area contributed by atoms with Gasteiger partial charge in [0, 0.05) is 6.04 Å². The Labute approximate surface area is 159 Å². The van der Waals surface area contributed by atoms with Crippen LogP contribution in [0, 0.1) is 18.3 Å². The third-order valence-corrected chi connectivity index (χ3v) is 5.28. The van der Waals surface area contributed by atoms with Crippen molar-refractivity contribution in [3.63, 3.8) is 0 Å². The molecular formula is C17H22BrFN4O3. The number of fused-ring (bicyclic) bond motifs is 1. The first-order valence-electron chi connectivity index (χ1n) is 8.43. The van der Waals surface area contributed by atoms with E-state index in [1.165, 1.54) is 4.90 Å². The van der Waals surface area contributed by atoms with Crippen molar-refractivity contribution in [2.75, 3.05) is 5.32 Å². The van der Waals surface area contributed by atoms with Crippen LogP contribution in [0.4, 0.5) is 15.0 Å². The van der Waals surface area contributed by atoms with Gasteiger partial charge in [-0.2, -0.15) is 4.39 Å². The van der Waals surface area contributed by atoms with Gasteiger partial charge in [-0.3, -0.25) is 9.69 Å². The Balaban J connectivity index is 1.80. The molecule has 142 valence electrons. The number of aromatic nitrogens is 2. The standard InChI is InChI=1S/C17H22BrFN4O3/c1-8-13(21-11(18)12(19)20-8)22-14(24)9-6-17(5)7-10(17)23(9)15(25)26-16(2,3)4/h9-10H,6-7H2,1-5H3,(H,21,22,24)/t9-,10+,17-/m0/s1. The van der Waals surface area contributed by atoms with E-state index in [4.69, 9.17) is 4.74 Å². The van der Waals surface area contributed by atoms with Crippen molar-refractivity contribution in [3.05, 3.63) is 16.2 Å². The van der Waals surface area contributed by atoms with Gasteiger partial charge in [0.2, 0.25) is 11.9 Å². The number of rotatable bonds is 2. The lowest BCUT2D eigenvalue weighted by Crippen LogP contribution is -2.47. The third-order valence-electron chi connectivity index (χ3n) is 4.77. The van der Waals surface area contributed by atoms with Gasteiger partial charge in [0.1, 0.15) is 11.6 Å². The van der Waals surface area contributed by atoms with Crippen LogP contribution in [0.25, 0.3) is 0 Å². The molecular weight excluding hydrogens is 407 g/mol. The molecule has 2 amide bonds. The molecule has 1 aliphatic carbocycles. The van der Waals surface area contributed by atoms with E-state index in [1.54, 1.807) is 27.7 Å². The number of anilines is 1. The lowest BCUT2D eigenvalue weighted by atomic mass is 10.0. The number of amides is 2. The predicted molar refractivity (Wildman–Crippen MR) is 96.0 cm³/mol. The predicted octanol–water partition coefficient (Wildman–Crippen LogP) is 3.41. The van der Waals surface area contributed by atoms with Crippen LogP contribution in [0.2, 0.25) is 0 Å². The molecule has 2 fully saturated rings. The van der Waals surface area contributed by atoms with E-state index in [9.17, 15) is 14.0 Å². The lowest BCUT2D eigenvalue weighted by molar-refractivity contribution is -0.121. The number of piperidine rings is 1. The Hall–Kier alpha value is -1.77. The van der Waals surface area contributed by atoms with Crippen molar-refractivity contribution in [2.45, 2.75) is 65.1 Å². The molecule has 9 heteroatoms. The van der Waals surface area contributed by atoms with Crippen LogP contribution in [0.3, 0.4) is 0 Å². The fourth-order valence-electron chi connectivity index (χ4n) is 3.37. The van der Waals surface area contributed by atoms with E-state index in [2.05, 4.69) is 38.1 Å². The first-order chi connectivity index (χ1) is 11.9. The molecule has 0 spiro atoms. The average Bonchev–Trinajstić information content (AvgIpc) is 3.04. The highest BCUT2D eigenvalue weighted by atomic mass is 79.9. The smallest absolute Gasteiger partial charge is 0.411 e. The minimum atomic E-state index is -0.745. The Morgan fingerprint density at radius 2 is 2.00 bits per heavy atom. The topological polar surface area (TPSA) is 84.4 Å². The van der Waals surface area contributed by atoms with Gasteiger partial charge in [-0.05, 0) is 61.9 Å². The van der Waals surface area contributed by atoms with Crippen molar-refractivity contribution in [1.82, 2.24) is 14.9 Å². The highest BCUT2D eigenvalue weighted by Gasteiger charge is 2.65. The molecule has 1 aliphatic heterocycles. The number of carbonyl (C=O) groups excluding carboxylic acids is 2. The molecule has 0 radical (unpaired) electrons. The second kappa shape index (κ2) is 6.14. The van der Waals surface area contributed by atoms with Crippen LogP contribution in [-0.2, 0) is 9.53 Å². The summed E-state index contributed by atoms with van der Waals surface area (Å²) in [6.45, 7) is 8.98. The summed E-state index contributed by atoms with van der Waals surface area (Å²) in [7, 11) is 0. The zero-order valence-corrected chi connectivity index (χ0v) is 17.0. The van der Waals surface area contributed by atoms with E-state index in [-0.39, 0.29) is 33.5 Å². The van der Waals surface area contributed by atoms with E-state index in [1.807, 2.05) is 0 Å². The van der Waals surface area contributed by atoms with Gasteiger partial charge >= 0.3 is 6.09 Å². The normalized spacial score (nSPS) is 27.1. The minimum absolute atomic E-state index is 0.000218. The van der Waals surface area contributed by atoms with Crippen LogP contribution in [-0.4, -0.2) is 44.6 Å². The minimum Gasteiger partial charge on any atom is -0.444 e. The fourth-order valence-corrected chi connectivity index (χ4v) is 3.64. The average molecular weight is 429 g/mol. The van der Waals surface area contributed by atoms with Crippen molar-refractivity contribution >= 4 is 33.7 Å². The first-order valence-corrected chi connectivity index (χ1v) is 9.22. The Kier molecular flexibility index (Phi) is 4.49. The Morgan fingerprint density at radius 1 is 1.35 bits per heavy atom. The summed E-state index contributed by atoms with van der Waals surface area (Å²) in [5.74, 6) is -0.955. The molecule has 3 rings (SSSR count). The molecule has 1 saturated carbocycles. The summed E-state index contributed by atoms with van der Waals surface area (Å²) in [5.41, 5.74) is -0.448. The maximum absolute atomic E-state index is 13.4. The Morgan fingerprint density at radius 3 is 2.62 bits per heavy atom. The molecule has 0 unspecified atom stereocenters. The second-order valence-electron chi connectivity index (χ2n) is 8.21. The fraction of sp³-hybridized carbons (Fsp3) is 0.647. The van der Waals surface area contributed by atoms with Crippen molar-refractivity contribution in [3.8, 4) is 0 Å². The summed E-state index contributed by atoms with van der Waals surface area (Å²) < 4.78 is 18.8. The van der Waals surface area contributed by atoms with Crippen molar-refractivity contribution in [2.24, 2.45) is 5.41 Å². The number of halogens is 2. The van der Waals surface area contributed by atoms with E-state index in [0.717, 1.165) is 6.42 Å². The highest BCUT2D eigenvalue weighted by Crippen LogP contribution is 2.59. The maximum atomic E-state index is 13.4. The van der Waals surface area contributed by atoms with Crippen molar-refractivity contribution in [1.29, 1.82) is 0 Å². The molecule has 1 saturated heterocycles. The van der Waals surface area contributed by atoms with Crippen LogP contribution >= 0.6 is 15.9 Å². The van der Waals surface area contributed by atoms with E-state index >= 15 is 0 Å². The molecule has 1 aromatic heterocycles. The van der Waals surface area contributed by atoms with Gasteiger partial charge < -0.3 is 10.1 Å². The molecule has 0 aromatic carbocycles. The van der Waals surface area contributed by atoms with Crippen LogP contribution in [0.5, 0.6) is 0 Å². The number of ether oxygens (including phenoxy) is 1. The van der Waals surface area contributed by atoms with E-state index < -0.39 is 23.7 Å². The maximum Gasteiger partial charge on any atom is 0.411 e. The molecule has 26 heavy (non-hydrogen) atoms. The number of nitrogens with zero attached hydrogens (tertiary/aromatic N) is 3. The largest absolute Gasteiger partial charge is 0.444 e. The number of nitrogens with one attached hydrogen (secondary N) is 1. The number of carbonyl (C=O) groups is 2. The first kappa shape index (κ1) is 19.0. The summed E-state index contributed by atoms with van der Waals surface area (Å²) in [4.78, 5) is 34.6. The van der Waals surface area contributed by atoms with E-state index in [0.29, 0.717) is 6.42 Å². The quantitative estimate of drug-likeness (QED) is 0.779. The number of hydrogen-bond donors (Lipinski definition) is 1. The second-order valence-corrected chi connectivity index (χ2v) is 8.96. The summed E-state index contributed by atoms with van der Waals surface area (Å²) in [6.07, 6.45) is 0.918. The van der Waals surface area contributed by atoms with Crippen LogP contribution in [0.1, 0.15) is 46.2 Å². The molecule has 2 aliphatic rings. The summed E-state index contributed by atoms with van der Waals surface area (Å²) in [5, 5.41) is 2.67. The van der Waals surface area contributed by atoms with Gasteiger partial charge in [0.15, 0.2) is 10.4 Å². The van der Waals surface area contributed by atoms with Gasteiger partial charge in [-0.15, -0.1) is 0 Å². The van der Waals surface area contributed by atoms with Crippen LogP contribution < -0.4 is 5.32 Å². The zero-order valence-electron chi connectivity index (χ0n) is 15.4. The third kappa shape index (κ3) is 3.54. The molecule has 2 heterocycles. The number of aryl methyl sites for hydroxylation is 1. The molecule has 1 aromatic rings. The summed E-state index contributed by atoms with van der Waals surface area (Å²) >= 11 is 2.96. The molecule has 7 nitrogen and oxygen atoms in total. The summed E-state index contributed by atoms with van der Waals surface area (Å²) in [6, 6.07) is -0.654. The van der Waals surface area contributed by atoms with Gasteiger partial charge in [0.05, 0.1) is 5.69 Å². The number of hydrogen-bond acceptors (Lipinski definition) is 5. The molecule has 3 atom stereocenters. The monoisotopic (exact) mass is 428 g/mol. The number of likely N-dealkylation sites (tertiary alicyclic amines) is 1. The van der Waals surface area contributed by atoms with Gasteiger partial charge in [-0.25, -0.2) is 14.8 Å². The lowest BCUT2D eigenvalue weighted by Gasteiger charge is -2.29. The highest BCUT2D eigenvalue weighted by molar-refractivity contribution is 9.10. The van der Waals surface area contributed by atoms with Gasteiger partial charge in [-0.1, -0.05) is 6.92 Å². The molecule has 0 bridgehead atoms.